The maximum absolute atomic E-state index is 12.5. The van der Waals surface area contributed by atoms with E-state index in [-0.39, 0.29) is 12.5 Å². The van der Waals surface area contributed by atoms with Crippen LogP contribution in [0.4, 0.5) is 0 Å². The van der Waals surface area contributed by atoms with Crippen LogP contribution < -0.4 is 0 Å². The highest BCUT2D eigenvalue weighted by Gasteiger charge is 2.21. The van der Waals surface area contributed by atoms with E-state index in [1.54, 1.807) is 12.4 Å². The molecule has 1 saturated heterocycles. The molecule has 3 heterocycles. The number of nitrogens with zero attached hydrogens (tertiary/aromatic N) is 5. The van der Waals surface area contributed by atoms with Crippen LogP contribution in [0.15, 0.2) is 83.6 Å². The minimum atomic E-state index is 0.0516. The lowest BCUT2D eigenvalue weighted by Crippen LogP contribution is -2.49. The van der Waals surface area contributed by atoms with Gasteiger partial charge in [0.25, 0.3) is 5.89 Å². The average molecular weight is 470 g/mol. The van der Waals surface area contributed by atoms with Gasteiger partial charge >= 0.3 is 0 Å². The highest BCUT2D eigenvalue weighted by atomic mass is 16.5. The number of hydrogen-bond donors (Lipinski definition) is 0. The summed E-state index contributed by atoms with van der Waals surface area (Å²) in [6.07, 6.45) is 3.41. The molecule has 5 rings (SSSR count). The third-order valence-corrected chi connectivity index (χ3v) is 6.01. The zero-order valence-corrected chi connectivity index (χ0v) is 19.4. The summed E-state index contributed by atoms with van der Waals surface area (Å²) in [5, 5.41) is 4.10. The van der Waals surface area contributed by atoms with Crippen molar-refractivity contribution in [2.24, 2.45) is 0 Å². The number of carbonyl (C=O) groups excluding carboxylic acids is 1. The van der Waals surface area contributed by atoms with Gasteiger partial charge in [-0.25, -0.2) is 0 Å². The van der Waals surface area contributed by atoms with Crippen molar-refractivity contribution in [2.45, 2.75) is 13.2 Å². The number of pyridine rings is 1. The lowest BCUT2D eigenvalue weighted by atomic mass is 10.1. The number of aromatic nitrogens is 3. The van der Waals surface area contributed by atoms with Crippen LogP contribution in [-0.4, -0.2) is 63.6 Å². The van der Waals surface area contributed by atoms with Crippen LogP contribution >= 0.6 is 0 Å². The van der Waals surface area contributed by atoms with Gasteiger partial charge in [0, 0.05) is 50.7 Å². The van der Waals surface area contributed by atoms with Gasteiger partial charge in [-0.05, 0) is 23.3 Å². The van der Waals surface area contributed by atoms with Gasteiger partial charge in [0.05, 0.1) is 12.2 Å². The number of hydrogen-bond acceptors (Lipinski definition) is 7. The molecular formula is C27H27N5O3. The molecule has 1 fully saturated rings. The first-order valence-electron chi connectivity index (χ1n) is 11.7. The van der Waals surface area contributed by atoms with E-state index in [1.807, 2.05) is 59.5 Å². The van der Waals surface area contributed by atoms with Crippen LogP contribution in [-0.2, 0) is 22.7 Å². The normalized spacial score (nSPS) is 14.2. The molecule has 0 radical (unpaired) electrons. The van der Waals surface area contributed by atoms with Gasteiger partial charge in [-0.1, -0.05) is 59.8 Å². The second-order valence-corrected chi connectivity index (χ2v) is 8.50. The van der Waals surface area contributed by atoms with E-state index < -0.39 is 0 Å². The molecule has 1 aliphatic heterocycles. The fourth-order valence-corrected chi connectivity index (χ4v) is 4.04. The molecular weight excluding hydrogens is 442 g/mol. The van der Waals surface area contributed by atoms with Crippen LogP contribution in [0.2, 0.25) is 0 Å². The molecule has 4 aromatic rings. The number of rotatable bonds is 8. The Hall–Kier alpha value is -3.88. The molecule has 0 aliphatic carbocycles. The molecule has 178 valence electrons. The first-order chi connectivity index (χ1) is 17.2. The maximum atomic E-state index is 12.5. The summed E-state index contributed by atoms with van der Waals surface area (Å²) >= 11 is 0. The van der Waals surface area contributed by atoms with Crippen molar-refractivity contribution >= 4 is 5.91 Å². The van der Waals surface area contributed by atoms with Crippen molar-refractivity contribution in [3.05, 3.63) is 90.3 Å². The summed E-state index contributed by atoms with van der Waals surface area (Å²) in [7, 11) is 0. The molecule has 8 heteroatoms. The topological polar surface area (TPSA) is 84.6 Å². The minimum Gasteiger partial charge on any atom is -0.367 e. The molecule has 0 N–H and O–H groups in total. The number of carbonyl (C=O) groups is 1. The Morgan fingerprint density at radius 2 is 1.69 bits per heavy atom. The van der Waals surface area contributed by atoms with Gasteiger partial charge in [0.2, 0.25) is 11.7 Å². The Balaban J connectivity index is 1.08. The number of benzene rings is 2. The summed E-state index contributed by atoms with van der Waals surface area (Å²) in [5.41, 5.74) is 3.97. The summed E-state index contributed by atoms with van der Waals surface area (Å²) in [5.74, 6) is 1.06. The van der Waals surface area contributed by atoms with E-state index in [4.69, 9.17) is 9.26 Å². The quantitative estimate of drug-likeness (QED) is 0.389. The van der Waals surface area contributed by atoms with Gasteiger partial charge in [0.1, 0.15) is 6.61 Å². The molecule has 0 spiro atoms. The zero-order chi connectivity index (χ0) is 23.9. The molecule has 1 aliphatic rings. The Bertz CT molecular complexity index is 1220. The Labute approximate surface area is 204 Å². The first-order valence-corrected chi connectivity index (χ1v) is 11.7. The molecule has 2 aromatic carbocycles. The second kappa shape index (κ2) is 11.0. The van der Waals surface area contributed by atoms with Crippen molar-refractivity contribution in [1.82, 2.24) is 24.9 Å². The van der Waals surface area contributed by atoms with Crippen molar-refractivity contribution in [3.63, 3.8) is 0 Å². The molecule has 35 heavy (non-hydrogen) atoms. The van der Waals surface area contributed by atoms with Crippen molar-refractivity contribution in [3.8, 4) is 22.8 Å². The average Bonchev–Trinajstić information content (AvgIpc) is 3.41. The number of ether oxygens (including phenoxy) is 1. The Kier molecular flexibility index (Phi) is 7.21. The van der Waals surface area contributed by atoms with Gasteiger partial charge in [-0.15, -0.1) is 0 Å². The monoisotopic (exact) mass is 469 g/mol. The summed E-state index contributed by atoms with van der Waals surface area (Å²) in [6.45, 7) is 4.51. The molecule has 8 nitrogen and oxygen atoms in total. The number of piperazine rings is 1. The summed E-state index contributed by atoms with van der Waals surface area (Å²) in [6, 6.07) is 21.8. The SMILES string of the molecule is O=C(COCc1ccccc1)N1CCN(Cc2ccc(-c3noc(-c4cccnc4)n3)cc2)CC1. The van der Waals surface area contributed by atoms with Crippen LogP contribution in [0.5, 0.6) is 0 Å². The lowest BCUT2D eigenvalue weighted by molar-refractivity contribution is -0.138. The van der Waals surface area contributed by atoms with Gasteiger partial charge in [-0.3, -0.25) is 14.7 Å². The maximum Gasteiger partial charge on any atom is 0.259 e. The smallest absolute Gasteiger partial charge is 0.259 e. The second-order valence-electron chi connectivity index (χ2n) is 8.50. The van der Waals surface area contributed by atoms with Crippen molar-refractivity contribution in [1.29, 1.82) is 0 Å². The zero-order valence-electron chi connectivity index (χ0n) is 19.4. The predicted octanol–water partition coefficient (Wildman–Crippen LogP) is 3.66. The van der Waals surface area contributed by atoms with Crippen molar-refractivity contribution < 1.29 is 14.1 Å². The van der Waals surface area contributed by atoms with E-state index in [1.165, 1.54) is 5.56 Å². The molecule has 0 atom stereocenters. The molecule has 0 bridgehead atoms. The lowest BCUT2D eigenvalue weighted by Gasteiger charge is -2.34. The third-order valence-electron chi connectivity index (χ3n) is 6.01. The molecule has 0 saturated carbocycles. The minimum absolute atomic E-state index is 0.0516. The highest BCUT2D eigenvalue weighted by Crippen LogP contribution is 2.22. The first kappa shape index (κ1) is 22.9. The fourth-order valence-electron chi connectivity index (χ4n) is 4.04. The van der Waals surface area contributed by atoms with Gasteiger partial charge < -0.3 is 14.2 Å². The van der Waals surface area contributed by atoms with Crippen LogP contribution in [0.1, 0.15) is 11.1 Å². The fraction of sp³-hybridized carbons (Fsp3) is 0.259. The standard InChI is InChI=1S/C27H27N5O3/c33-25(20-34-19-22-5-2-1-3-6-22)32-15-13-31(14-16-32)18-21-8-10-23(11-9-21)26-29-27(35-30-26)24-7-4-12-28-17-24/h1-12,17H,13-16,18-20H2. The highest BCUT2D eigenvalue weighted by molar-refractivity contribution is 5.77. The van der Waals surface area contributed by atoms with Crippen LogP contribution in [0, 0.1) is 0 Å². The third kappa shape index (κ3) is 5.98. The summed E-state index contributed by atoms with van der Waals surface area (Å²) < 4.78 is 11.0. The van der Waals surface area contributed by atoms with Crippen molar-refractivity contribution in [2.75, 3.05) is 32.8 Å². The molecule has 0 unspecified atom stereocenters. The Morgan fingerprint density at radius 3 is 2.43 bits per heavy atom. The van der Waals surface area contributed by atoms with E-state index in [0.29, 0.717) is 31.4 Å². The van der Waals surface area contributed by atoms with E-state index in [0.717, 1.165) is 36.3 Å². The van der Waals surface area contributed by atoms with Crippen LogP contribution in [0.25, 0.3) is 22.8 Å². The van der Waals surface area contributed by atoms with Gasteiger partial charge in [-0.2, -0.15) is 4.98 Å². The van der Waals surface area contributed by atoms with E-state index in [9.17, 15) is 4.79 Å². The van der Waals surface area contributed by atoms with Crippen LogP contribution in [0.3, 0.4) is 0 Å². The summed E-state index contributed by atoms with van der Waals surface area (Å²) in [4.78, 5) is 25.3. The number of amides is 1. The molecule has 1 amide bonds. The Morgan fingerprint density at radius 1 is 0.886 bits per heavy atom. The van der Waals surface area contributed by atoms with Gasteiger partial charge in [0.15, 0.2) is 0 Å². The van der Waals surface area contributed by atoms with E-state index >= 15 is 0 Å². The molecule has 2 aromatic heterocycles. The largest absolute Gasteiger partial charge is 0.367 e. The predicted molar refractivity (Wildman–Crippen MR) is 131 cm³/mol. The van der Waals surface area contributed by atoms with E-state index in [2.05, 4.69) is 32.2 Å².